The number of halogens is 3. The zero-order valence-electron chi connectivity index (χ0n) is 17.5. The lowest BCUT2D eigenvalue weighted by atomic mass is 10.1. The molecule has 0 saturated heterocycles. The molecule has 1 atom stereocenters. The fraction of sp³-hybridized carbons (Fsp3) is 0.273. The van der Waals surface area contributed by atoms with Crippen LogP contribution in [0.25, 0.3) is 0 Å². The van der Waals surface area contributed by atoms with Crippen LogP contribution in [0.3, 0.4) is 0 Å². The summed E-state index contributed by atoms with van der Waals surface area (Å²) in [7, 11) is 0. The number of nitrogens with one attached hydrogen (secondary N) is 1. The van der Waals surface area contributed by atoms with E-state index in [-0.39, 0.29) is 5.69 Å². The van der Waals surface area contributed by atoms with Crippen molar-refractivity contribution in [3.8, 4) is 0 Å². The molecule has 1 unspecified atom stereocenters. The Bertz CT molecular complexity index is 1060. The molecule has 32 heavy (non-hydrogen) atoms. The molecule has 0 radical (unpaired) electrons. The summed E-state index contributed by atoms with van der Waals surface area (Å²) in [6, 6.07) is 14.9. The van der Waals surface area contributed by atoms with Crippen LogP contribution in [-0.2, 0) is 30.5 Å². The van der Waals surface area contributed by atoms with E-state index in [1.54, 1.807) is 13.0 Å². The van der Waals surface area contributed by atoms with Gasteiger partial charge in [0.1, 0.15) is 11.9 Å². The zero-order valence-corrected chi connectivity index (χ0v) is 19.1. The maximum absolute atomic E-state index is 13.1. The minimum atomic E-state index is -4.40. The van der Waals surface area contributed by atoms with Gasteiger partial charge in [-0.25, -0.2) is 4.98 Å². The molecule has 0 saturated carbocycles. The van der Waals surface area contributed by atoms with Gasteiger partial charge in [0.2, 0.25) is 0 Å². The van der Waals surface area contributed by atoms with Crippen molar-refractivity contribution in [3.05, 3.63) is 81.9 Å². The number of thiazole rings is 1. The number of rotatable bonds is 8. The number of benzene rings is 2. The first-order valence-corrected chi connectivity index (χ1v) is 12.1. The predicted octanol–water partition coefficient (Wildman–Crippen LogP) is 4.74. The molecule has 1 N–H and O–H groups in total. The molecule has 0 aliphatic carbocycles. The van der Waals surface area contributed by atoms with E-state index >= 15 is 0 Å². The van der Waals surface area contributed by atoms with E-state index in [0.29, 0.717) is 35.1 Å². The minimum Gasteiger partial charge on any atom is -0.593 e. The number of hydrogen-bond acceptors (Lipinski definition) is 5. The highest BCUT2D eigenvalue weighted by atomic mass is 32.2. The molecule has 1 heterocycles. The van der Waals surface area contributed by atoms with Crippen molar-refractivity contribution in [1.82, 2.24) is 9.71 Å². The maximum Gasteiger partial charge on any atom is 0.416 e. The molecule has 3 rings (SSSR count). The predicted molar refractivity (Wildman–Crippen MR) is 121 cm³/mol. The highest BCUT2D eigenvalue weighted by Gasteiger charge is 2.30. The standard InChI is InChI=1S/C22H22F3N3O2S2/c1-15-19(20(29)27-32(2)30)26-21(31-15)28(14-17-7-4-3-5-8-17)12-11-16-9-6-10-18(13-16)22(23,24)25/h3-10,13H,11-12,14H2,1-2H3,(H,27,29). The van der Waals surface area contributed by atoms with Gasteiger partial charge in [-0.15, -0.1) is 11.3 Å². The molecule has 0 bridgehead atoms. The van der Waals surface area contributed by atoms with E-state index in [9.17, 15) is 22.5 Å². The average Bonchev–Trinajstić information content (AvgIpc) is 3.12. The van der Waals surface area contributed by atoms with Gasteiger partial charge in [0.05, 0.1) is 16.9 Å². The molecule has 170 valence electrons. The van der Waals surface area contributed by atoms with E-state index in [0.717, 1.165) is 17.7 Å². The summed E-state index contributed by atoms with van der Waals surface area (Å²) >= 11 is -0.201. The van der Waals surface area contributed by atoms with Gasteiger partial charge in [-0.1, -0.05) is 48.5 Å². The number of hydrogen-bond donors (Lipinski definition) is 1. The normalized spacial score (nSPS) is 12.4. The molecule has 0 aliphatic heterocycles. The fourth-order valence-corrected chi connectivity index (χ4v) is 4.41. The molecule has 1 amide bonds. The minimum absolute atomic E-state index is 0.192. The molecule has 2 aromatic carbocycles. The summed E-state index contributed by atoms with van der Waals surface area (Å²) in [5.74, 6) is -0.525. The van der Waals surface area contributed by atoms with Crippen LogP contribution < -0.4 is 9.62 Å². The number of carbonyl (C=O) groups excluding carboxylic acids is 1. The third-order valence-electron chi connectivity index (χ3n) is 4.65. The van der Waals surface area contributed by atoms with Crippen molar-refractivity contribution in [3.63, 3.8) is 0 Å². The Morgan fingerprint density at radius 2 is 1.84 bits per heavy atom. The molecule has 1 aromatic heterocycles. The van der Waals surface area contributed by atoms with Gasteiger partial charge >= 0.3 is 12.1 Å². The van der Waals surface area contributed by atoms with E-state index in [2.05, 4.69) is 9.71 Å². The molecule has 0 fully saturated rings. The van der Waals surface area contributed by atoms with Crippen LogP contribution in [-0.4, -0.2) is 28.2 Å². The molecule has 10 heteroatoms. The Kier molecular flexibility index (Phi) is 7.81. The van der Waals surface area contributed by atoms with Gasteiger partial charge in [0.25, 0.3) is 0 Å². The van der Waals surface area contributed by atoms with Crippen molar-refractivity contribution < 1.29 is 22.5 Å². The third kappa shape index (κ3) is 6.47. The van der Waals surface area contributed by atoms with E-state index in [1.165, 1.54) is 23.7 Å². The van der Waals surface area contributed by atoms with Crippen LogP contribution in [0, 0.1) is 6.92 Å². The van der Waals surface area contributed by atoms with Gasteiger partial charge < -0.3 is 9.45 Å². The van der Waals surface area contributed by atoms with Gasteiger partial charge in [-0.05, 0) is 30.5 Å². The Morgan fingerprint density at radius 3 is 2.50 bits per heavy atom. The number of carbonyl (C=O) groups is 1. The van der Waals surface area contributed by atoms with Gasteiger partial charge in [-0.2, -0.15) is 17.9 Å². The average molecular weight is 482 g/mol. The topological polar surface area (TPSA) is 68.3 Å². The Balaban J connectivity index is 1.84. The largest absolute Gasteiger partial charge is 0.593 e. The van der Waals surface area contributed by atoms with E-state index in [1.807, 2.05) is 35.2 Å². The summed E-state index contributed by atoms with van der Waals surface area (Å²) < 4.78 is 52.8. The second-order valence-electron chi connectivity index (χ2n) is 7.14. The maximum atomic E-state index is 13.1. The van der Waals surface area contributed by atoms with Crippen molar-refractivity contribution >= 4 is 33.7 Å². The molecular weight excluding hydrogens is 459 g/mol. The van der Waals surface area contributed by atoms with Crippen molar-refractivity contribution in [1.29, 1.82) is 0 Å². The number of nitrogens with zero attached hydrogens (tertiary/aromatic N) is 2. The second kappa shape index (κ2) is 10.4. The molecular formula is C22H22F3N3O2S2. The summed E-state index contributed by atoms with van der Waals surface area (Å²) in [5, 5.41) is 0.574. The highest BCUT2D eigenvalue weighted by molar-refractivity contribution is 7.89. The Hall–Kier alpha value is -2.56. The van der Waals surface area contributed by atoms with Crippen LogP contribution in [0.4, 0.5) is 18.3 Å². The molecule has 3 aromatic rings. The van der Waals surface area contributed by atoms with E-state index in [4.69, 9.17) is 0 Å². The number of aryl methyl sites for hydroxylation is 1. The first-order valence-electron chi connectivity index (χ1n) is 9.70. The Labute approximate surface area is 191 Å². The van der Waals surface area contributed by atoms with Crippen LogP contribution in [0.15, 0.2) is 54.6 Å². The zero-order chi connectivity index (χ0) is 23.3. The Morgan fingerprint density at radius 1 is 1.16 bits per heavy atom. The quantitative estimate of drug-likeness (QED) is 0.472. The smallest absolute Gasteiger partial charge is 0.416 e. The first-order chi connectivity index (χ1) is 15.1. The number of alkyl halides is 3. The lowest BCUT2D eigenvalue weighted by Crippen LogP contribution is -2.30. The number of anilines is 1. The molecule has 0 aliphatic rings. The first kappa shape index (κ1) is 24.1. The van der Waals surface area contributed by atoms with Crippen molar-refractivity contribution in [2.45, 2.75) is 26.1 Å². The third-order valence-corrected chi connectivity index (χ3v) is 6.15. The highest BCUT2D eigenvalue weighted by Crippen LogP contribution is 2.30. The summed E-state index contributed by atoms with van der Waals surface area (Å²) in [6.07, 6.45) is -2.67. The monoisotopic (exact) mass is 481 g/mol. The molecule has 5 nitrogen and oxygen atoms in total. The van der Waals surface area contributed by atoms with Gasteiger partial charge in [-0.3, -0.25) is 4.79 Å². The van der Waals surface area contributed by atoms with Crippen LogP contribution in [0.1, 0.15) is 32.1 Å². The lowest BCUT2D eigenvalue weighted by Gasteiger charge is -2.22. The van der Waals surface area contributed by atoms with Crippen LogP contribution >= 0.6 is 11.3 Å². The van der Waals surface area contributed by atoms with Crippen molar-refractivity contribution in [2.24, 2.45) is 0 Å². The number of aromatic nitrogens is 1. The van der Waals surface area contributed by atoms with Crippen LogP contribution in [0.2, 0.25) is 0 Å². The lowest BCUT2D eigenvalue weighted by molar-refractivity contribution is -0.137. The molecule has 0 spiro atoms. The summed E-state index contributed by atoms with van der Waals surface area (Å²) in [5.41, 5.74) is 1.08. The van der Waals surface area contributed by atoms with Gasteiger partial charge in [0, 0.05) is 18.0 Å². The van der Waals surface area contributed by atoms with Gasteiger partial charge in [0.15, 0.2) is 5.13 Å². The number of amides is 1. The van der Waals surface area contributed by atoms with Crippen LogP contribution in [0.5, 0.6) is 0 Å². The van der Waals surface area contributed by atoms with Crippen molar-refractivity contribution in [2.75, 3.05) is 17.7 Å². The SMILES string of the molecule is Cc1sc(N(CCc2cccc(C(F)(F)F)c2)Cc2ccccc2)nc1C(=O)N[S+](C)[O-]. The summed E-state index contributed by atoms with van der Waals surface area (Å²) in [6.45, 7) is 2.64. The fourth-order valence-electron chi connectivity index (χ4n) is 3.12. The second-order valence-corrected chi connectivity index (χ2v) is 9.44. The van der Waals surface area contributed by atoms with E-state index < -0.39 is 29.0 Å². The summed E-state index contributed by atoms with van der Waals surface area (Å²) in [4.78, 5) is 19.3.